The van der Waals surface area contributed by atoms with Crippen LogP contribution in [0.3, 0.4) is 0 Å². The fraction of sp³-hybridized carbons (Fsp3) is 0.250. The zero-order chi connectivity index (χ0) is 69.9. The SMILES string of the molecule is CC(C)(C)c1cccc(-c2ccc3c(c2)B2c4cc(-c5cccc(C(C)(C)C)c5)ccc4N(c4c(-c5ccccc5)cc(C(C)(C)C)cc4-c4ccccc4)c4cc(-c5ccc(C(C)(C)C)cc5C(C)(C)C)cc(c42)N3c2c(-c3ccccc3)cc(C(C)(C)C)cc2-c2ccccc2)c1. The standard InChI is InChI=1S/C96H97BN2/c1-91(2,3)71-43-31-41-66(51-71)68-45-49-84-82(53-68)97-83-54-69(67-42-32-44-72(52-67)92(4,5)6)46-50-85(83)99(90-79(64-37-27-21-28-38-64)59-75(95(13,14)15)60-80(90)65-39-29-22-30-40-65)87-56-70(76-48-47-73(93(7,8)9)61-81(76)96(16,17)18)55-86(88(87)97)98(84)89-77(62-33-23-19-24-34-62)57-74(94(10,11)12)58-78(89)63-35-25-20-26-36-63/h19-61H,1-18H3. The minimum atomic E-state index is -0.244. The molecule has 14 rings (SSSR count). The van der Waals surface area contributed by atoms with Crippen LogP contribution in [-0.2, 0) is 32.5 Å². The van der Waals surface area contributed by atoms with Gasteiger partial charge in [-0.1, -0.05) is 337 Å². The van der Waals surface area contributed by atoms with Crippen LogP contribution in [0.1, 0.15) is 158 Å². The number of fused-ring (bicyclic) bond motifs is 4. The average Bonchev–Trinajstić information content (AvgIpc) is 0.686. The molecule has 0 aromatic heterocycles. The van der Waals surface area contributed by atoms with Crippen LogP contribution in [0, 0.1) is 0 Å². The van der Waals surface area contributed by atoms with E-state index in [1.54, 1.807) is 0 Å². The Hall–Kier alpha value is -9.70. The van der Waals surface area contributed by atoms with Crippen molar-refractivity contribution in [3.63, 3.8) is 0 Å². The van der Waals surface area contributed by atoms with Gasteiger partial charge in [-0.3, -0.25) is 0 Å². The van der Waals surface area contributed by atoms with Crippen LogP contribution in [0.5, 0.6) is 0 Å². The first-order valence-corrected chi connectivity index (χ1v) is 35.9. The van der Waals surface area contributed by atoms with E-state index in [1.807, 2.05) is 0 Å². The predicted molar refractivity (Wildman–Crippen MR) is 431 cm³/mol. The van der Waals surface area contributed by atoms with Gasteiger partial charge in [0, 0.05) is 45.0 Å². The van der Waals surface area contributed by atoms with Crippen LogP contribution in [-0.4, -0.2) is 6.71 Å². The van der Waals surface area contributed by atoms with Gasteiger partial charge in [0.2, 0.25) is 0 Å². The summed E-state index contributed by atoms with van der Waals surface area (Å²) in [7, 11) is 0. The van der Waals surface area contributed by atoms with Crippen molar-refractivity contribution in [1.29, 1.82) is 0 Å². The van der Waals surface area contributed by atoms with E-state index in [9.17, 15) is 0 Å². The quantitative estimate of drug-likeness (QED) is 0.133. The summed E-state index contributed by atoms with van der Waals surface area (Å²) < 4.78 is 0. The molecule has 12 aromatic rings. The number of nitrogens with zero attached hydrogens (tertiary/aromatic N) is 2. The minimum Gasteiger partial charge on any atom is -0.310 e. The van der Waals surface area contributed by atoms with Crippen molar-refractivity contribution in [3.8, 4) is 77.9 Å². The van der Waals surface area contributed by atoms with Gasteiger partial charge < -0.3 is 9.80 Å². The average molecular weight is 1290 g/mol. The van der Waals surface area contributed by atoms with E-state index in [-0.39, 0.29) is 39.2 Å². The Morgan fingerprint density at radius 2 is 0.525 bits per heavy atom. The molecule has 12 aromatic carbocycles. The molecule has 0 aliphatic carbocycles. The summed E-state index contributed by atoms with van der Waals surface area (Å²) in [6, 6.07) is 101. The van der Waals surface area contributed by atoms with Gasteiger partial charge in [0.05, 0.1) is 11.4 Å². The van der Waals surface area contributed by atoms with Crippen LogP contribution in [0.25, 0.3) is 77.9 Å². The molecule has 2 nitrogen and oxygen atoms in total. The van der Waals surface area contributed by atoms with E-state index in [0.29, 0.717) is 0 Å². The fourth-order valence-electron chi connectivity index (χ4n) is 15.2. The molecular formula is C96H97BN2. The molecular weight excluding hydrogens is 1190 g/mol. The maximum absolute atomic E-state index is 2.74. The zero-order valence-corrected chi connectivity index (χ0v) is 61.8. The first kappa shape index (κ1) is 66.5. The van der Waals surface area contributed by atoms with Crippen molar-refractivity contribution in [3.05, 3.63) is 294 Å². The Morgan fingerprint density at radius 3 is 0.848 bits per heavy atom. The van der Waals surface area contributed by atoms with Crippen molar-refractivity contribution >= 4 is 57.2 Å². The highest BCUT2D eigenvalue weighted by molar-refractivity contribution is 7.00. The molecule has 2 aliphatic rings. The van der Waals surface area contributed by atoms with Crippen molar-refractivity contribution in [2.45, 2.75) is 157 Å². The van der Waals surface area contributed by atoms with Gasteiger partial charge >= 0.3 is 0 Å². The van der Waals surface area contributed by atoms with Crippen molar-refractivity contribution in [2.24, 2.45) is 0 Å². The molecule has 0 saturated carbocycles. The van der Waals surface area contributed by atoms with Crippen LogP contribution < -0.4 is 26.2 Å². The number of anilines is 6. The second-order valence-electron chi connectivity index (χ2n) is 34.3. The summed E-state index contributed by atoms with van der Waals surface area (Å²) in [6.07, 6.45) is 0. The normalized spacial score (nSPS) is 13.3. The van der Waals surface area contributed by atoms with Gasteiger partial charge in [-0.25, -0.2) is 0 Å². The second kappa shape index (κ2) is 24.6. The molecule has 0 bridgehead atoms. The molecule has 2 aliphatic heterocycles. The summed E-state index contributed by atoms with van der Waals surface area (Å²) in [5, 5.41) is 0. The maximum Gasteiger partial charge on any atom is 0.252 e. The van der Waals surface area contributed by atoms with Crippen molar-refractivity contribution in [2.75, 3.05) is 9.80 Å². The summed E-state index contributed by atoms with van der Waals surface area (Å²) in [4.78, 5) is 5.47. The fourth-order valence-corrected chi connectivity index (χ4v) is 15.2. The second-order valence-corrected chi connectivity index (χ2v) is 34.3. The lowest BCUT2D eigenvalue weighted by molar-refractivity contribution is 0.570. The molecule has 0 saturated heterocycles. The summed E-state index contributed by atoms with van der Waals surface area (Å²) in [5.74, 6) is 0. The van der Waals surface area contributed by atoms with E-state index >= 15 is 0 Å². The van der Waals surface area contributed by atoms with E-state index in [1.165, 1.54) is 128 Å². The first-order chi connectivity index (χ1) is 46.9. The Labute approximate surface area is 592 Å². The molecule has 0 atom stereocenters. The van der Waals surface area contributed by atoms with Gasteiger partial charge in [0.25, 0.3) is 6.71 Å². The molecule has 2 heterocycles. The lowest BCUT2D eigenvalue weighted by Gasteiger charge is -2.46. The van der Waals surface area contributed by atoms with E-state index in [4.69, 9.17) is 0 Å². The summed E-state index contributed by atoms with van der Waals surface area (Å²) >= 11 is 0. The third-order valence-corrected chi connectivity index (χ3v) is 20.9. The molecule has 0 amide bonds. The molecule has 494 valence electrons. The third-order valence-electron chi connectivity index (χ3n) is 20.9. The number of hydrogen-bond acceptors (Lipinski definition) is 2. The largest absolute Gasteiger partial charge is 0.310 e. The van der Waals surface area contributed by atoms with Crippen molar-refractivity contribution < 1.29 is 0 Å². The predicted octanol–water partition coefficient (Wildman–Crippen LogP) is 25.2. The molecule has 99 heavy (non-hydrogen) atoms. The number of benzene rings is 12. The molecule has 0 spiro atoms. The lowest BCUT2D eigenvalue weighted by atomic mass is 9.33. The number of hydrogen-bond donors (Lipinski definition) is 0. The van der Waals surface area contributed by atoms with E-state index in [0.717, 1.165) is 34.1 Å². The minimum absolute atomic E-state index is 0.0534. The first-order valence-electron chi connectivity index (χ1n) is 35.9. The van der Waals surface area contributed by atoms with E-state index < -0.39 is 0 Å². The van der Waals surface area contributed by atoms with Gasteiger partial charge in [-0.2, -0.15) is 0 Å². The monoisotopic (exact) mass is 1290 g/mol. The third kappa shape index (κ3) is 12.5. The van der Waals surface area contributed by atoms with Crippen molar-refractivity contribution in [1.82, 2.24) is 0 Å². The Bertz CT molecular complexity index is 4650. The van der Waals surface area contributed by atoms with Crippen LogP contribution in [0.4, 0.5) is 34.1 Å². The molecule has 0 radical (unpaired) electrons. The highest BCUT2D eigenvalue weighted by atomic mass is 15.2. The van der Waals surface area contributed by atoms with Crippen LogP contribution in [0.15, 0.2) is 261 Å². The van der Waals surface area contributed by atoms with Gasteiger partial charge in [-0.15, -0.1) is 0 Å². The maximum atomic E-state index is 2.74. The summed E-state index contributed by atoms with van der Waals surface area (Å²) in [5.41, 5.74) is 34.4. The smallest absolute Gasteiger partial charge is 0.252 e. The number of rotatable bonds is 9. The van der Waals surface area contributed by atoms with Gasteiger partial charge in [0.1, 0.15) is 0 Å². The van der Waals surface area contributed by atoms with Gasteiger partial charge in [-0.05, 0) is 186 Å². The molecule has 0 fully saturated rings. The molecule has 0 N–H and O–H groups in total. The summed E-state index contributed by atoms with van der Waals surface area (Å²) in [6.45, 7) is 42.1. The Kier molecular flexibility index (Phi) is 16.6. The highest BCUT2D eigenvalue weighted by Gasteiger charge is 2.46. The van der Waals surface area contributed by atoms with Crippen LogP contribution in [0.2, 0.25) is 0 Å². The molecule has 0 unspecified atom stereocenters. The zero-order valence-electron chi connectivity index (χ0n) is 61.8. The highest BCUT2D eigenvalue weighted by Crippen LogP contribution is 2.56. The Balaban J connectivity index is 1.23. The topological polar surface area (TPSA) is 6.48 Å². The van der Waals surface area contributed by atoms with E-state index in [2.05, 4.69) is 395 Å². The van der Waals surface area contributed by atoms with Crippen LogP contribution >= 0.6 is 0 Å². The lowest BCUT2D eigenvalue weighted by Crippen LogP contribution is -2.61. The van der Waals surface area contributed by atoms with Gasteiger partial charge in [0.15, 0.2) is 0 Å². The molecule has 3 heteroatoms. The Morgan fingerprint density at radius 1 is 0.212 bits per heavy atom.